The molecule has 0 bridgehead atoms. The van der Waals surface area contributed by atoms with Gasteiger partial charge in [0.25, 0.3) is 17.6 Å². The van der Waals surface area contributed by atoms with Gasteiger partial charge in [-0.05, 0) is 24.3 Å². The van der Waals surface area contributed by atoms with Gasteiger partial charge >= 0.3 is 5.91 Å². The molecular formula is C16H8N2O4. The van der Waals surface area contributed by atoms with Crippen LogP contribution in [0.25, 0.3) is 0 Å². The van der Waals surface area contributed by atoms with Gasteiger partial charge in [-0.15, -0.1) is 0 Å². The molecule has 0 N–H and O–H groups in total. The van der Waals surface area contributed by atoms with Crippen molar-refractivity contribution in [2.24, 2.45) is 0 Å². The number of rotatable bonds is 1. The Balaban J connectivity index is 1.88. The number of para-hydroxylation sites is 1. The van der Waals surface area contributed by atoms with E-state index in [-0.39, 0.29) is 22.4 Å². The summed E-state index contributed by atoms with van der Waals surface area (Å²) in [5.74, 6) is -2.86. The van der Waals surface area contributed by atoms with E-state index in [9.17, 15) is 19.2 Å². The maximum Gasteiger partial charge on any atom is 0.318 e. The van der Waals surface area contributed by atoms with Crippen molar-refractivity contribution in [3.63, 3.8) is 0 Å². The molecule has 2 aliphatic rings. The number of hydrazine groups is 1. The molecule has 0 fully saturated rings. The van der Waals surface area contributed by atoms with E-state index in [4.69, 9.17) is 0 Å². The van der Waals surface area contributed by atoms with Gasteiger partial charge in [0.15, 0.2) is 0 Å². The zero-order valence-electron chi connectivity index (χ0n) is 11.1. The monoisotopic (exact) mass is 292 g/mol. The van der Waals surface area contributed by atoms with Crippen molar-refractivity contribution in [3.8, 4) is 0 Å². The smallest absolute Gasteiger partial charge is 0.283 e. The van der Waals surface area contributed by atoms with Gasteiger partial charge in [0.2, 0.25) is 0 Å². The van der Waals surface area contributed by atoms with Gasteiger partial charge in [0.05, 0.1) is 22.4 Å². The van der Waals surface area contributed by atoms with Crippen LogP contribution < -0.4 is 5.01 Å². The van der Waals surface area contributed by atoms with Crippen LogP contribution in [0.3, 0.4) is 0 Å². The summed E-state index contributed by atoms with van der Waals surface area (Å²) in [6.45, 7) is 0. The normalized spacial score (nSPS) is 16.4. The molecule has 0 spiro atoms. The van der Waals surface area contributed by atoms with Gasteiger partial charge in [0.1, 0.15) is 0 Å². The summed E-state index contributed by atoms with van der Waals surface area (Å²) >= 11 is 0. The third-order valence-electron chi connectivity index (χ3n) is 3.74. The third-order valence-corrected chi connectivity index (χ3v) is 3.74. The molecule has 106 valence electrons. The summed E-state index contributed by atoms with van der Waals surface area (Å²) in [4.78, 5) is 49.1. The fourth-order valence-electron chi connectivity index (χ4n) is 2.73. The van der Waals surface area contributed by atoms with Gasteiger partial charge in [-0.1, -0.05) is 24.3 Å². The van der Waals surface area contributed by atoms with Gasteiger partial charge in [-0.3, -0.25) is 19.2 Å². The molecule has 2 aromatic rings. The van der Waals surface area contributed by atoms with E-state index in [2.05, 4.69) is 0 Å². The minimum Gasteiger partial charge on any atom is -0.283 e. The molecule has 4 rings (SSSR count). The molecule has 0 radical (unpaired) electrons. The zero-order chi connectivity index (χ0) is 15.4. The highest BCUT2D eigenvalue weighted by Gasteiger charge is 2.47. The van der Waals surface area contributed by atoms with Crippen molar-refractivity contribution in [1.82, 2.24) is 5.01 Å². The highest BCUT2D eigenvalue weighted by Crippen LogP contribution is 2.34. The minimum atomic E-state index is -0.907. The highest BCUT2D eigenvalue weighted by atomic mass is 16.2. The van der Waals surface area contributed by atoms with Crippen molar-refractivity contribution in [2.45, 2.75) is 0 Å². The number of benzene rings is 2. The van der Waals surface area contributed by atoms with Crippen LogP contribution in [0.5, 0.6) is 0 Å². The summed E-state index contributed by atoms with van der Waals surface area (Å²) in [6, 6.07) is 12.6. The average Bonchev–Trinajstić information content (AvgIpc) is 2.94. The van der Waals surface area contributed by atoms with Gasteiger partial charge in [0, 0.05) is 0 Å². The maximum atomic E-state index is 12.5. The standard InChI is InChI=1S/C16H8N2O4/c19-13-11-7-3-4-8-12(11)17(16(13)22)18-14(20)9-5-1-2-6-10(9)15(18)21/h1-8H. The van der Waals surface area contributed by atoms with Crippen LogP contribution in [0.15, 0.2) is 48.5 Å². The van der Waals surface area contributed by atoms with Gasteiger partial charge in [-0.2, -0.15) is 5.01 Å². The number of anilines is 1. The number of fused-ring (bicyclic) bond motifs is 2. The largest absolute Gasteiger partial charge is 0.318 e. The summed E-state index contributed by atoms with van der Waals surface area (Å²) in [5.41, 5.74) is 0.866. The number of Topliss-reactive ketones (excluding diaryl/α,β-unsaturated/α-hetero) is 1. The molecule has 0 atom stereocenters. The first-order chi connectivity index (χ1) is 10.6. The number of imide groups is 1. The van der Waals surface area contributed by atoms with Gasteiger partial charge in [-0.25, -0.2) is 5.01 Å². The number of hydrogen-bond donors (Lipinski definition) is 0. The molecule has 22 heavy (non-hydrogen) atoms. The molecule has 0 unspecified atom stereocenters. The number of hydrogen-bond acceptors (Lipinski definition) is 4. The van der Waals surface area contributed by atoms with Crippen LogP contribution in [0.4, 0.5) is 5.69 Å². The van der Waals surface area contributed by atoms with E-state index in [1.54, 1.807) is 24.3 Å². The van der Waals surface area contributed by atoms with Crippen LogP contribution in [0, 0.1) is 0 Å². The molecule has 0 aromatic heterocycles. The van der Waals surface area contributed by atoms with Crippen molar-refractivity contribution in [2.75, 3.05) is 5.01 Å². The Bertz CT molecular complexity index is 852. The van der Waals surface area contributed by atoms with E-state index >= 15 is 0 Å². The van der Waals surface area contributed by atoms with E-state index < -0.39 is 23.5 Å². The Kier molecular flexibility index (Phi) is 2.33. The summed E-state index contributed by atoms with van der Waals surface area (Å²) < 4.78 is 0. The molecule has 0 saturated carbocycles. The SMILES string of the molecule is O=C1C(=O)N(N2C(=O)c3ccccc3C2=O)c2ccccc21. The molecule has 6 nitrogen and oxygen atoms in total. The van der Waals surface area contributed by atoms with Crippen LogP contribution in [-0.4, -0.2) is 28.5 Å². The Hall–Kier alpha value is -3.28. The van der Waals surface area contributed by atoms with Crippen LogP contribution >= 0.6 is 0 Å². The second-order valence-corrected chi connectivity index (χ2v) is 4.93. The average molecular weight is 292 g/mol. The molecule has 2 aromatic carbocycles. The minimum absolute atomic E-state index is 0.184. The summed E-state index contributed by atoms with van der Waals surface area (Å²) in [6.07, 6.45) is 0. The fraction of sp³-hybridized carbons (Fsp3) is 0. The lowest BCUT2D eigenvalue weighted by molar-refractivity contribution is -0.116. The van der Waals surface area contributed by atoms with Crippen LogP contribution in [-0.2, 0) is 4.79 Å². The third kappa shape index (κ3) is 1.38. The number of carbonyl (C=O) groups is 4. The second kappa shape index (κ2) is 4.11. The number of ketones is 1. The summed E-state index contributed by atoms with van der Waals surface area (Å²) in [5, 5.41) is 1.60. The molecule has 2 heterocycles. The predicted molar refractivity (Wildman–Crippen MR) is 75.2 cm³/mol. The second-order valence-electron chi connectivity index (χ2n) is 4.93. The Morgan fingerprint density at radius 2 is 1.05 bits per heavy atom. The molecular weight excluding hydrogens is 284 g/mol. The zero-order valence-corrected chi connectivity index (χ0v) is 11.1. The maximum absolute atomic E-state index is 12.5. The Morgan fingerprint density at radius 3 is 1.64 bits per heavy atom. The lowest BCUT2D eigenvalue weighted by atomic mass is 10.1. The first-order valence-corrected chi connectivity index (χ1v) is 6.57. The molecule has 0 aliphatic carbocycles. The fourth-order valence-corrected chi connectivity index (χ4v) is 2.73. The number of carbonyl (C=O) groups excluding carboxylic acids is 4. The van der Waals surface area contributed by atoms with Crippen LogP contribution in [0.2, 0.25) is 0 Å². The lowest BCUT2D eigenvalue weighted by Crippen LogP contribution is -2.49. The first-order valence-electron chi connectivity index (χ1n) is 6.57. The van der Waals surface area contributed by atoms with E-state index in [1.807, 2.05) is 0 Å². The highest BCUT2D eigenvalue weighted by molar-refractivity contribution is 6.53. The van der Waals surface area contributed by atoms with Gasteiger partial charge < -0.3 is 0 Å². The topological polar surface area (TPSA) is 74.8 Å². The first kappa shape index (κ1) is 12.5. The Labute approximate surface area is 124 Å². The Morgan fingerprint density at radius 1 is 0.545 bits per heavy atom. The van der Waals surface area contributed by atoms with Crippen LogP contribution in [0.1, 0.15) is 31.1 Å². The molecule has 3 amide bonds. The summed E-state index contributed by atoms with van der Waals surface area (Å²) in [7, 11) is 0. The quantitative estimate of drug-likeness (QED) is 0.588. The number of nitrogens with zero attached hydrogens (tertiary/aromatic N) is 2. The van der Waals surface area contributed by atoms with E-state index in [0.29, 0.717) is 0 Å². The van der Waals surface area contributed by atoms with Crippen molar-refractivity contribution in [3.05, 3.63) is 65.2 Å². The van der Waals surface area contributed by atoms with Crippen molar-refractivity contribution >= 4 is 29.2 Å². The molecule has 2 aliphatic heterocycles. The van der Waals surface area contributed by atoms with Crippen molar-refractivity contribution < 1.29 is 19.2 Å². The van der Waals surface area contributed by atoms with E-state index in [0.717, 1.165) is 10.0 Å². The molecule has 6 heteroatoms. The molecule has 0 saturated heterocycles. The number of amides is 3. The van der Waals surface area contributed by atoms with Crippen molar-refractivity contribution in [1.29, 1.82) is 0 Å². The lowest BCUT2D eigenvalue weighted by Gasteiger charge is -2.25. The predicted octanol–water partition coefficient (Wildman–Crippen LogP) is 1.43. The van der Waals surface area contributed by atoms with E-state index in [1.165, 1.54) is 24.3 Å².